The van der Waals surface area contributed by atoms with E-state index in [2.05, 4.69) is 37.3 Å². The van der Waals surface area contributed by atoms with Gasteiger partial charge in [0.15, 0.2) is 0 Å². The largest absolute Gasteiger partial charge is 0.272 e. The Kier molecular flexibility index (Phi) is 4.01. The number of carbonyl (C=O) groups is 3. The summed E-state index contributed by atoms with van der Waals surface area (Å²) in [6, 6.07) is 6.28. The zero-order chi connectivity index (χ0) is 17.2. The Labute approximate surface area is 160 Å². The molecule has 5 nitrogen and oxygen atoms in total. The maximum absolute atomic E-state index is 12.7. The summed E-state index contributed by atoms with van der Waals surface area (Å²) in [5.74, 6) is -1.53. The molecule has 2 saturated carbocycles. The molecule has 8 heteroatoms. The molecule has 4 rings (SSSR count). The van der Waals surface area contributed by atoms with E-state index in [1.54, 1.807) is 24.3 Å². The number of halogens is 3. The molecule has 2 aliphatic carbocycles. The molecule has 0 radical (unpaired) electrons. The zero-order valence-corrected chi connectivity index (χ0v) is 16.2. The van der Waals surface area contributed by atoms with E-state index in [4.69, 9.17) is 11.6 Å². The van der Waals surface area contributed by atoms with E-state index in [1.165, 1.54) is 0 Å². The normalized spacial score (nSPS) is 37.0. The molecule has 1 aromatic carbocycles. The number of amides is 3. The van der Waals surface area contributed by atoms with Gasteiger partial charge in [-0.25, -0.2) is 0 Å². The second kappa shape index (κ2) is 5.81. The first-order valence-corrected chi connectivity index (χ1v) is 9.83. The monoisotopic (exact) mass is 474 g/mol. The van der Waals surface area contributed by atoms with Crippen molar-refractivity contribution in [2.24, 2.45) is 23.7 Å². The first-order chi connectivity index (χ1) is 11.4. The predicted octanol–water partition coefficient (Wildman–Crippen LogP) is 2.76. The van der Waals surface area contributed by atoms with Gasteiger partial charge < -0.3 is 0 Å². The van der Waals surface area contributed by atoms with Gasteiger partial charge in [-0.05, 0) is 42.5 Å². The van der Waals surface area contributed by atoms with Crippen LogP contribution in [0, 0.1) is 23.7 Å². The summed E-state index contributed by atoms with van der Waals surface area (Å²) in [5, 5.41) is 1.42. The molecule has 1 N–H and O–H groups in total. The molecule has 1 saturated heterocycles. The Balaban J connectivity index is 1.55. The molecule has 3 fully saturated rings. The number of imide groups is 1. The minimum Gasteiger partial charge on any atom is -0.272 e. The first-order valence-electron chi connectivity index (χ1n) is 7.62. The quantitative estimate of drug-likeness (QED) is 0.527. The van der Waals surface area contributed by atoms with Crippen molar-refractivity contribution in [2.75, 3.05) is 0 Å². The lowest BCUT2D eigenvalue weighted by Gasteiger charge is -2.28. The number of rotatable bonds is 2. The molecule has 6 atom stereocenters. The second-order valence-electron chi connectivity index (χ2n) is 6.46. The van der Waals surface area contributed by atoms with Crippen LogP contribution in [0.4, 0.5) is 0 Å². The van der Waals surface area contributed by atoms with Crippen molar-refractivity contribution in [3.05, 3.63) is 34.9 Å². The molecular weight excluding hydrogens is 463 g/mol. The van der Waals surface area contributed by atoms with Crippen molar-refractivity contribution >= 4 is 61.2 Å². The van der Waals surface area contributed by atoms with Gasteiger partial charge in [-0.2, -0.15) is 5.01 Å². The van der Waals surface area contributed by atoms with Crippen LogP contribution in [-0.2, 0) is 9.59 Å². The van der Waals surface area contributed by atoms with Gasteiger partial charge in [-0.15, -0.1) is 0 Å². The first kappa shape index (κ1) is 16.5. The number of nitrogens with zero attached hydrogens (tertiary/aromatic N) is 1. The van der Waals surface area contributed by atoms with Gasteiger partial charge in [0.05, 0.1) is 11.8 Å². The SMILES string of the molecule is O=C(NN1C(=O)[C@@H]2[C@@H]3C[C@H]([C@H](Br)[C@@H]3Br)[C@@H]2C1=O)c1ccc(Cl)cc1. The third-order valence-electron chi connectivity index (χ3n) is 5.31. The highest BCUT2D eigenvalue weighted by atomic mass is 79.9. The van der Waals surface area contributed by atoms with Gasteiger partial charge in [-0.1, -0.05) is 43.5 Å². The molecular formula is C16H13Br2ClN2O3. The summed E-state index contributed by atoms with van der Waals surface area (Å²) in [4.78, 5) is 38.0. The molecule has 1 heterocycles. The van der Waals surface area contributed by atoms with Crippen LogP contribution in [0.2, 0.25) is 5.02 Å². The molecule has 0 spiro atoms. The van der Waals surface area contributed by atoms with E-state index in [9.17, 15) is 14.4 Å². The summed E-state index contributed by atoms with van der Waals surface area (Å²) >= 11 is 13.1. The second-order valence-corrected chi connectivity index (χ2v) is 9.01. The van der Waals surface area contributed by atoms with Crippen LogP contribution in [0.3, 0.4) is 0 Å². The van der Waals surface area contributed by atoms with Crippen LogP contribution in [0.1, 0.15) is 16.8 Å². The van der Waals surface area contributed by atoms with Gasteiger partial charge in [0, 0.05) is 20.2 Å². The summed E-state index contributed by atoms with van der Waals surface area (Å²) in [6.07, 6.45) is 0.859. The molecule has 0 unspecified atom stereocenters. The average molecular weight is 477 g/mol. The molecule has 3 aliphatic rings. The third-order valence-corrected chi connectivity index (χ3v) is 8.77. The van der Waals surface area contributed by atoms with Crippen LogP contribution in [0.25, 0.3) is 0 Å². The van der Waals surface area contributed by atoms with Crippen LogP contribution in [0.15, 0.2) is 24.3 Å². The molecule has 126 valence electrons. The molecule has 24 heavy (non-hydrogen) atoms. The minimum atomic E-state index is -0.494. The highest BCUT2D eigenvalue weighted by molar-refractivity contribution is 9.12. The number of hydrazine groups is 1. The van der Waals surface area contributed by atoms with Crippen molar-refractivity contribution in [3.63, 3.8) is 0 Å². The van der Waals surface area contributed by atoms with Gasteiger partial charge in [0.25, 0.3) is 17.7 Å². The summed E-state index contributed by atoms with van der Waals surface area (Å²) in [6.45, 7) is 0. The van der Waals surface area contributed by atoms with Crippen molar-refractivity contribution in [2.45, 2.75) is 16.1 Å². The number of hydrogen-bond acceptors (Lipinski definition) is 3. The fourth-order valence-electron chi connectivity index (χ4n) is 4.23. The fraction of sp³-hybridized carbons (Fsp3) is 0.438. The van der Waals surface area contributed by atoms with E-state index >= 15 is 0 Å². The van der Waals surface area contributed by atoms with Gasteiger partial charge in [0.2, 0.25) is 0 Å². The number of hydrogen-bond donors (Lipinski definition) is 1. The van der Waals surface area contributed by atoms with Crippen molar-refractivity contribution in [1.82, 2.24) is 10.4 Å². The highest BCUT2D eigenvalue weighted by Gasteiger charge is 2.66. The van der Waals surface area contributed by atoms with Crippen LogP contribution in [0.5, 0.6) is 0 Å². The number of alkyl halides is 2. The zero-order valence-electron chi connectivity index (χ0n) is 12.3. The van der Waals surface area contributed by atoms with Gasteiger partial charge >= 0.3 is 0 Å². The summed E-state index contributed by atoms with van der Waals surface area (Å²) < 4.78 is 0. The molecule has 1 aromatic rings. The van der Waals surface area contributed by atoms with E-state index < -0.39 is 5.91 Å². The molecule has 2 bridgehead atoms. The standard InChI is InChI=1S/C16H13Br2ClN2O3/c17-12-8-5-9(13(12)18)11-10(8)15(23)21(16(11)24)20-14(22)6-1-3-7(19)4-2-6/h1-4,8-13H,5H2,(H,20,22)/t8-,9-,10-,11+,12-,13+/m0/s1. The lowest BCUT2D eigenvalue weighted by molar-refractivity contribution is -0.143. The topological polar surface area (TPSA) is 66.5 Å². The Morgan fingerprint density at radius 3 is 2.04 bits per heavy atom. The van der Waals surface area contributed by atoms with E-state index in [0.717, 1.165) is 11.4 Å². The van der Waals surface area contributed by atoms with Crippen LogP contribution < -0.4 is 5.43 Å². The smallest absolute Gasteiger partial charge is 0.270 e. The van der Waals surface area contributed by atoms with Gasteiger partial charge in [-0.3, -0.25) is 19.8 Å². The van der Waals surface area contributed by atoms with E-state index in [0.29, 0.717) is 10.6 Å². The minimum absolute atomic E-state index is 0.123. The fourth-order valence-corrected chi connectivity index (χ4v) is 6.23. The molecule has 3 amide bonds. The Morgan fingerprint density at radius 2 is 1.54 bits per heavy atom. The highest BCUT2D eigenvalue weighted by Crippen LogP contribution is 2.59. The summed E-state index contributed by atoms with van der Waals surface area (Å²) in [5.41, 5.74) is 2.81. The van der Waals surface area contributed by atoms with E-state index in [-0.39, 0.29) is 45.1 Å². The lowest BCUT2D eigenvalue weighted by atomic mass is 9.81. The van der Waals surface area contributed by atoms with Crippen LogP contribution >= 0.6 is 43.5 Å². The maximum atomic E-state index is 12.7. The van der Waals surface area contributed by atoms with Crippen molar-refractivity contribution in [1.29, 1.82) is 0 Å². The number of carbonyl (C=O) groups excluding carboxylic acids is 3. The Morgan fingerprint density at radius 1 is 1.04 bits per heavy atom. The van der Waals surface area contributed by atoms with E-state index in [1.807, 2.05) is 0 Å². The van der Waals surface area contributed by atoms with Crippen molar-refractivity contribution < 1.29 is 14.4 Å². The molecule has 1 aliphatic heterocycles. The van der Waals surface area contributed by atoms with Gasteiger partial charge in [0.1, 0.15) is 0 Å². The van der Waals surface area contributed by atoms with Crippen molar-refractivity contribution in [3.8, 4) is 0 Å². The number of fused-ring (bicyclic) bond motifs is 5. The maximum Gasteiger partial charge on any atom is 0.270 e. The van der Waals surface area contributed by atoms with Crippen LogP contribution in [-0.4, -0.2) is 32.4 Å². The predicted molar refractivity (Wildman–Crippen MR) is 94.8 cm³/mol. The Bertz CT molecular complexity index is 709. The Hall–Kier alpha value is -0.920. The summed E-state index contributed by atoms with van der Waals surface area (Å²) in [7, 11) is 0. The number of benzene rings is 1. The lowest BCUT2D eigenvalue weighted by Crippen LogP contribution is -2.47. The third kappa shape index (κ3) is 2.28. The average Bonchev–Trinajstić information content (AvgIpc) is 3.16. The number of nitrogens with one attached hydrogen (secondary N) is 1. The molecule has 0 aromatic heterocycles.